The van der Waals surface area contributed by atoms with Gasteiger partial charge in [-0.05, 0) is 44.5 Å². The summed E-state index contributed by atoms with van der Waals surface area (Å²) in [7, 11) is 3.20. The number of ether oxygens (including phenoxy) is 2. The zero-order valence-electron chi connectivity index (χ0n) is 12.5. The summed E-state index contributed by atoms with van der Waals surface area (Å²) in [5.74, 6) is 1.53. The molecule has 1 saturated heterocycles. The minimum absolute atomic E-state index is 0.207. The van der Waals surface area contributed by atoms with E-state index in [1.165, 1.54) is 0 Å². The van der Waals surface area contributed by atoms with Crippen LogP contribution in [0.25, 0.3) is 0 Å². The fraction of sp³-hybridized carbons (Fsp3) is 0.562. The maximum Gasteiger partial charge on any atom is 0.169 e. The zero-order chi connectivity index (χ0) is 14.6. The fourth-order valence-electron chi connectivity index (χ4n) is 2.89. The van der Waals surface area contributed by atoms with Gasteiger partial charge in [0.1, 0.15) is 11.5 Å². The molecule has 0 amide bonds. The van der Waals surface area contributed by atoms with Crippen molar-refractivity contribution in [1.82, 2.24) is 5.32 Å². The second-order valence-electron chi connectivity index (χ2n) is 5.31. The van der Waals surface area contributed by atoms with Crippen molar-refractivity contribution < 1.29 is 14.3 Å². The summed E-state index contributed by atoms with van der Waals surface area (Å²) in [4.78, 5) is 13.0. The molecule has 2 rings (SSSR count). The van der Waals surface area contributed by atoms with Crippen molar-refractivity contribution in [2.75, 3.05) is 27.3 Å². The summed E-state index contributed by atoms with van der Waals surface area (Å²) < 4.78 is 10.5. The fourth-order valence-corrected chi connectivity index (χ4v) is 2.89. The molecule has 0 aromatic heterocycles. The topological polar surface area (TPSA) is 47.6 Å². The Morgan fingerprint density at radius 2 is 1.70 bits per heavy atom. The number of Topliss-reactive ketones (excluding diaryl/α,β-unsaturated/α-hetero) is 1. The van der Waals surface area contributed by atoms with Crippen molar-refractivity contribution in [2.45, 2.75) is 26.2 Å². The van der Waals surface area contributed by atoms with Crippen molar-refractivity contribution in [2.24, 2.45) is 5.41 Å². The van der Waals surface area contributed by atoms with Gasteiger partial charge in [0.2, 0.25) is 0 Å². The van der Waals surface area contributed by atoms with Gasteiger partial charge in [-0.15, -0.1) is 0 Å². The van der Waals surface area contributed by atoms with Crippen LogP contribution in [-0.2, 0) is 0 Å². The maximum atomic E-state index is 13.0. The van der Waals surface area contributed by atoms with Crippen molar-refractivity contribution >= 4 is 5.78 Å². The van der Waals surface area contributed by atoms with Gasteiger partial charge in [-0.3, -0.25) is 4.79 Å². The second-order valence-corrected chi connectivity index (χ2v) is 5.31. The molecular weight excluding hydrogens is 254 g/mol. The van der Waals surface area contributed by atoms with Gasteiger partial charge in [-0.1, -0.05) is 6.92 Å². The quantitative estimate of drug-likeness (QED) is 0.841. The van der Waals surface area contributed by atoms with E-state index in [4.69, 9.17) is 9.47 Å². The molecule has 4 nitrogen and oxygen atoms in total. The molecule has 4 heteroatoms. The van der Waals surface area contributed by atoms with Gasteiger partial charge in [-0.2, -0.15) is 0 Å². The van der Waals surface area contributed by atoms with E-state index in [0.717, 1.165) is 32.4 Å². The first-order valence-electron chi connectivity index (χ1n) is 7.14. The average molecular weight is 277 g/mol. The number of hydrogen-bond donors (Lipinski definition) is 1. The standard InChI is InChI=1S/C16H23NO3/c1-4-16(5-7-17-8-6-16)15(18)12-9-13(19-2)11-14(10-12)20-3/h9-11,17H,4-8H2,1-3H3. The van der Waals surface area contributed by atoms with Gasteiger partial charge in [-0.25, -0.2) is 0 Å². The Kier molecular flexibility index (Phi) is 4.65. The zero-order valence-corrected chi connectivity index (χ0v) is 12.5. The van der Waals surface area contributed by atoms with Gasteiger partial charge in [0.05, 0.1) is 14.2 Å². The Hall–Kier alpha value is -1.55. The van der Waals surface area contributed by atoms with Crippen LogP contribution in [0.1, 0.15) is 36.5 Å². The number of rotatable bonds is 5. The van der Waals surface area contributed by atoms with Crippen LogP contribution in [0.3, 0.4) is 0 Å². The first-order valence-corrected chi connectivity index (χ1v) is 7.14. The number of methoxy groups -OCH3 is 2. The lowest BCUT2D eigenvalue weighted by Crippen LogP contribution is -2.41. The predicted molar refractivity (Wildman–Crippen MR) is 78.7 cm³/mol. The van der Waals surface area contributed by atoms with Crippen LogP contribution < -0.4 is 14.8 Å². The van der Waals surface area contributed by atoms with E-state index in [0.29, 0.717) is 17.1 Å². The molecule has 20 heavy (non-hydrogen) atoms. The molecule has 1 heterocycles. The first-order chi connectivity index (χ1) is 9.65. The molecule has 0 aliphatic carbocycles. The molecule has 1 aromatic carbocycles. The van der Waals surface area contributed by atoms with E-state index in [9.17, 15) is 4.79 Å². The number of carbonyl (C=O) groups excluding carboxylic acids is 1. The van der Waals surface area contributed by atoms with E-state index < -0.39 is 0 Å². The molecule has 1 aromatic rings. The van der Waals surface area contributed by atoms with Crippen LogP contribution in [0.4, 0.5) is 0 Å². The summed E-state index contributed by atoms with van der Waals surface area (Å²) in [6, 6.07) is 5.41. The minimum Gasteiger partial charge on any atom is -0.497 e. The van der Waals surface area contributed by atoms with E-state index in [1.54, 1.807) is 20.3 Å². The third-order valence-electron chi connectivity index (χ3n) is 4.33. The molecule has 1 fully saturated rings. The monoisotopic (exact) mass is 277 g/mol. The van der Waals surface area contributed by atoms with Gasteiger partial charge in [0.25, 0.3) is 0 Å². The number of hydrogen-bond acceptors (Lipinski definition) is 4. The normalized spacial score (nSPS) is 17.6. The van der Waals surface area contributed by atoms with Gasteiger partial charge in [0.15, 0.2) is 5.78 Å². The first kappa shape index (κ1) is 14.9. The SMILES string of the molecule is CCC1(C(=O)c2cc(OC)cc(OC)c2)CCNCC1. The predicted octanol–water partition coefficient (Wildman–Crippen LogP) is 2.67. The van der Waals surface area contributed by atoms with E-state index in [1.807, 2.05) is 12.1 Å². The smallest absolute Gasteiger partial charge is 0.169 e. The third-order valence-corrected chi connectivity index (χ3v) is 4.33. The van der Waals surface area contributed by atoms with Gasteiger partial charge < -0.3 is 14.8 Å². The van der Waals surface area contributed by atoms with Crippen LogP contribution in [0.2, 0.25) is 0 Å². The van der Waals surface area contributed by atoms with Crippen LogP contribution >= 0.6 is 0 Å². The Morgan fingerprint density at radius 1 is 1.15 bits per heavy atom. The minimum atomic E-state index is -0.247. The van der Waals surface area contributed by atoms with Crippen molar-refractivity contribution in [3.8, 4) is 11.5 Å². The summed E-state index contributed by atoms with van der Waals surface area (Å²) in [5.41, 5.74) is 0.438. The Balaban J connectivity index is 2.36. The van der Waals surface area contributed by atoms with E-state index in [2.05, 4.69) is 12.2 Å². The Morgan fingerprint density at radius 3 is 2.15 bits per heavy atom. The highest BCUT2D eigenvalue weighted by Crippen LogP contribution is 2.37. The third kappa shape index (κ3) is 2.80. The lowest BCUT2D eigenvalue weighted by molar-refractivity contribution is 0.0717. The molecule has 0 saturated carbocycles. The summed E-state index contributed by atoms with van der Waals surface area (Å²) in [6.45, 7) is 3.90. The van der Waals surface area contributed by atoms with Crippen molar-refractivity contribution in [1.29, 1.82) is 0 Å². The Labute approximate surface area is 120 Å². The molecule has 0 bridgehead atoms. The maximum absolute atomic E-state index is 13.0. The van der Waals surface area contributed by atoms with Gasteiger partial charge >= 0.3 is 0 Å². The highest BCUT2D eigenvalue weighted by atomic mass is 16.5. The molecule has 0 spiro atoms. The summed E-state index contributed by atoms with van der Waals surface area (Å²) in [5, 5.41) is 3.32. The summed E-state index contributed by atoms with van der Waals surface area (Å²) in [6.07, 6.45) is 2.65. The number of benzene rings is 1. The highest BCUT2D eigenvalue weighted by Gasteiger charge is 2.38. The molecule has 0 radical (unpaired) electrons. The molecular formula is C16H23NO3. The van der Waals surface area contributed by atoms with Gasteiger partial charge in [0, 0.05) is 17.0 Å². The number of carbonyl (C=O) groups is 1. The number of piperidine rings is 1. The van der Waals surface area contributed by atoms with Crippen LogP contribution in [0, 0.1) is 5.41 Å². The number of nitrogens with one attached hydrogen (secondary N) is 1. The van der Waals surface area contributed by atoms with Crippen molar-refractivity contribution in [3.05, 3.63) is 23.8 Å². The molecule has 1 aliphatic heterocycles. The largest absolute Gasteiger partial charge is 0.497 e. The van der Waals surface area contributed by atoms with Crippen LogP contribution in [-0.4, -0.2) is 33.1 Å². The highest BCUT2D eigenvalue weighted by molar-refractivity contribution is 6.01. The summed E-state index contributed by atoms with van der Waals surface area (Å²) >= 11 is 0. The molecule has 0 atom stereocenters. The average Bonchev–Trinajstić information content (AvgIpc) is 2.54. The molecule has 1 aliphatic rings. The molecule has 0 unspecified atom stereocenters. The van der Waals surface area contributed by atoms with Crippen molar-refractivity contribution in [3.63, 3.8) is 0 Å². The van der Waals surface area contributed by atoms with E-state index >= 15 is 0 Å². The molecule has 110 valence electrons. The van der Waals surface area contributed by atoms with Crippen LogP contribution in [0.5, 0.6) is 11.5 Å². The molecule has 1 N–H and O–H groups in total. The van der Waals surface area contributed by atoms with Crippen LogP contribution in [0.15, 0.2) is 18.2 Å². The van der Waals surface area contributed by atoms with E-state index in [-0.39, 0.29) is 11.2 Å². The Bertz CT molecular complexity index is 456. The lowest BCUT2D eigenvalue weighted by Gasteiger charge is -2.35. The number of ketones is 1. The lowest BCUT2D eigenvalue weighted by atomic mass is 9.71. The second kappa shape index (κ2) is 6.27.